The Kier molecular flexibility index (Phi) is 3.25. The van der Waals surface area contributed by atoms with Crippen molar-refractivity contribution in [2.45, 2.75) is 13.0 Å². The molecule has 1 aliphatic rings. The van der Waals surface area contributed by atoms with Crippen LogP contribution in [0.15, 0.2) is 31.0 Å². The summed E-state index contributed by atoms with van der Waals surface area (Å²) in [6.07, 6.45) is 4.12. The number of carbonyl (C=O) groups excluding carboxylic acids is 1. The predicted molar refractivity (Wildman–Crippen MR) is 63.0 cm³/mol. The number of amides is 1. The van der Waals surface area contributed by atoms with Crippen molar-refractivity contribution in [2.24, 2.45) is 5.92 Å². The average molecular weight is 237 g/mol. The minimum atomic E-state index is 0.180. The van der Waals surface area contributed by atoms with Gasteiger partial charge in [-0.3, -0.25) is 4.79 Å². The molecule has 1 aliphatic heterocycles. The third-order valence-corrected chi connectivity index (χ3v) is 2.96. The Hall–Kier alpha value is -1.35. The maximum absolute atomic E-state index is 11.6. The van der Waals surface area contributed by atoms with Gasteiger partial charge >= 0.3 is 0 Å². The third-order valence-electron chi connectivity index (χ3n) is 2.74. The Labute approximate surface area is 99.7 Å². The topological polar surface area (TPSA) is 33.2 Å². The van der Waals surface area contributed by atoms with Crippen LogP contribution in [0.3, 0.4) is 0 Å². The van der Waals surface area contributed by atoms with Crippen molar-refractivity contribution < 1.29 is 4.79 Å². The Bertz CT molecular complexity index is 402. The molecule has 0 saturated carbocycles. The summed E-state index contributed by atoms with van der Waals surface area (Å²) in [5.41, 5.74) is 1.00. The number of hydrogen-bond acceptors (Lipinski definition) is 2. The van der Waals surface area contributed by atoms with E-state index in [9.17, 15) is 4.79 Å². The molecule has 1 aromatic heterocycles. The second-order valence-corrected chi connectivity index (χ2v) is 4.35. The number of carbonyl (C=O) groups is 1. The van der Waals surface area contributed by atoms with Gasteiger partial charge in [0.1, 0.15) is 5.15 Å². The van der Waals surface area contributed by atoms with Crippen molar-refractivity contribution >= 4 is 17.5 Å². The molecule has 0 radical (unpaired) electrons. The molecule has 16 heavy (non-hydrogen) atoms. The minimum Gasteiger partial charge on any atom is -0.338 e. The first-order valence-corrected chi connectivity index (χ1v) is 5.57. The molecule has 1 saturated heterocycles. The highest BCUT2D eigenvalue weighted by molar-refractivity contribution is 6.29. The summed E-state index contributed by atoms with van der Waals surface area (Å²) in [5, 5.41) is 0.473. The molecular weight excluding hydrogens is 224 g/mol. The largest absolute Gasteiger partial charge is 0.338 e. The summed E-state index contributed by atoms with van der Waals surface area (Å²) in [7, 11) is 0. The summed E-state index contributed by atoms with van der Waals surface area (Å²) in [4.78, 5) is 17.5. The van der Waals surface area contributed by atoms with Crippen molar-refractivity contribution in [3.8, 4) is 0 Å². The molecule has 0 aliphatic carbocycles. The van der Waals surface area contributed by atoms with Crippen LogP contribution in [0, 0.1) is 5.92 Å². The van der Waals surface area contributed by atoms with Crippen LogP contribution in [0.5, 0.6) is 0 Å². The zero-order chi connectivity index (χ0) is 11.5. The van der Waals surface area contributed by atoms with E-state index in [0.717, 1.165) is 12.1 Å². The highest BCUT2D eigenvalue weighted by atomic mass is 35.5. The van der Waals surface area contributed by atoms with Gasteiger partial charge in [-0.15, -0.1) is 6.58 Å². The van der Waals surface area contributed by atoms with Crippen LogP contribution in [0.4, 0.5) is 0 Å². The van der Waals surface area contributed by atoms with Gasteiger partial charge in [-0.05, 0) is 11.6 Å². The number of nitrogens with zero attached hydrogens (tertiary/aromatic N) is 2. The molecule has 2 heterocycles. The summed E-state index contributed by atoms with van der Waals surface area (Å²) >= 11 is 5.70. The monoisotopic (exact) mass is 236 g/mol. The number of aromatic nitrogens is 1. The third kappa shape index (κ3) is 2.42. The lowest BCUT2D eigenvalue weighted by molar-refractivity contribution is -0.128. The minimum absolute atomic E-state index is 0.180. The second kappa shape index (κ2) is 4.66. The highest BCUT2D eigenvalue weighted by Crippen LogP contribution is 2.20. The van der Waals surface area contributed by atoms with Crippen LogP contribution in [0.25, 0.3) is 0 Å². The summed E-state index contributed by atoms with van der Waals surface area (Å²) in [6, 6.07) is 3.63. The number of likely N-dealkylation sites (tertiary alicyclic amines) is 1. The van der Waals surface area contributed by atoms with Crippen molar-refractivity contribution in [1.29, 1.82) is 0 Å². The summed E-state index contributed by atoms with van der Waals surface area (Å²) in [6.45, 7) is 5.08. The van der Waals surface area contributed by atoms with E-state index in [4.69, 9.17) is 11.6 Å². The molecule has 0 spiro atoms. The average Bonchev–Trinajstić information content (AvgIpc) is 2.63. The predicted octanol–water partition coefficient (Wildman–Crippen LogP) is 2.27. The molecule has 1 unspecified atom stereocenters. The first-order chi connectivity index (χ1) is 7.69. The molecule has 84 valence electrons. The van der Waals surface area contributed by atoms with Crippen molar-refractivity contribution in [2.75, 3.05) is 6.54 Å². The molecule has 1 atom stereocenters. The van der Waals surface area contributed by atoms with Crippen LogP contribution < -0.4 is 0 Å². The van der Waals surface area contributed by atoms with Crippen molar-refractivity contribution in [3.63, 3.8) is 0 Å². The normalized spacial score (nSPS) is 20.2. The molecule has 1 fully saturated rings. The molecule has 4 heteroatoms. The van der Waals surface area contributed by atoms with Gasteiger partial charge in [-0.25, -0.2) is 4.98 Å². The van der Waals surface area contributed by atoms with Crippen LogP contribution in [-0.2, 0) is 11.3 Å². The molecule has 1 aromatic rings. The van der Waals surface area contributed by atoms with E-state index in [0.29, 0.717) is 18.1 Å². The first-order valence-electron chi connectivity index (χ1n) is 5.20. The van der Waals surface area contributed by atoms with Gasteiger partial charge in [0.15, 0.2) is 0 Å². The number of halogens is 1. The van der Waals surface area contributed by atoms with Crippen molar-refractivity contribution in [1.82, 2.24) is 9.88 Å². The maximum Gasteiger partial charge on any atom is 0.223 e. The lowest BCUT2D eigenvalue weighted by Crippen LogP contribution is -2.24. The van der Waals surface area contributed by atoms with Crippen molar-refractivity contribution in [3.05, 3.63) is 41.7 Å². The van der Waals surface area contributed by atoms with E-state index in [1.165, 1.54) is 0 Å². The Morgan fingerprint density at radius 1 is 1.62 bits per heavy atom. The standard InChI is InChI=1S/C12H13ClN2O/c1-2-9-5-12(16)15(7-9)8-10-3-4-11(13)14-6-10/h2-4,6,9H,1,5,7-8H2. The van der Waals surface area contributed by atoms with Gasteiger partial charge in [0.25, 0.3) is 0 Å². The van der Waals surface area contributed by atoms with Gasteiger partial charge in [-0.2, -0.15) is 0 Å². The molecule has 0 bridgehead atoms. The Morgan fingerprint density at radius 2 is 2.44 bits per heavy atom. The van der Waals surface area contributed by atoms with Crippen LogP contribution >= 0.6 is 11.6 Å². The van der Waals surface area contributed by atoms with E-state index in [1.807, 2.05) is 17.0 Å². The quantitative estimate of drug-likeness (QED) is 0.596. The molecule has 3 nitrogen and oxygen atoms in total. The molecule has 1 amide bonds. The molecular formula is C12H13ClN2O. The van der Waals surface area contributed by atoms with Crippen LogP contribution in [0.1, 0.15) is 12.0 Å². The van der Waals surface area contributed by atoms with Gasteiger partial charge < -0.3 is 4.90 Å². The molecule has 2 rings (SSSR count). The van der Waals surface area contributed by atoms with Gasteiger partial charge in [0.05, 0.1) is 0 Å². The first kappa shape index (κ1) is 11.1. The highest BCUT2D eigenvalue weighted by Gasteiger charge is 2.27. The molecule has 0 N–H and O–H groups in total. The van der Waals surface area contributed by atoms with E-state index in [1.54, 1.807) is 12.3 Å². The zero-order valence-electron chi connectivity index (χ0n) is 8.90. The fourth-order valence-electron chi connectivity index (χ4n) is 1.83. The van der Waals surface area contributed by atoms with Gasteiger partial charge in [-0.1, -0.05) is 23.7 Å². The summed E-state index contributed by atoms with van der Waals surface area (Å²) in [5.74, 6) is 0.465. The maximum atomic E-state index is 11.6. The van der Waals surface area contributed by atoms with E-state index in [-0.39, 0.29) is 11.8 Å². The number of pyridine rings is 1. The second-order valence-electron chi connectivity index (χ2n) is 3.96. The molecule has 0 aromatic carbocycles. The van der Waals surface area contributed by atoms with E-state index < -0.39 is 0 Å². The zero-order valence-corrected chi connectivity index (χ0v) is 9.65. The summed E-state index contributed by atoms with van der Waals surface area (Å²) < 4.78 is 0. The fraction of sp³-hybridized carbons (Fsp3) is 0.333. The van der Waals surface area contributed by atoms with Gasteiger partial charge in [0, 0.05) is 31.6 Å². The van der Waals surface area contributed by atoms with E-state index in [2.05, 4.69) is 11.6 Å². The SMILES string of the molecule is C=CC1CC(=O)N(Cc2ccc(Cl)nc2)C1. The number of hydrogen-bond donors (Lipinski definition) is 0. The van der Waals surface area contributed by atoms with Crippen LogP contribution in [0.2, 0.25) is 5.15 Å². The van der Waals surface area contributed by atoms with E-state index >= 15 is 0 Å². The smallest absolute Gasteiger partial charge is 0.223 e. The lowest BCUT2D eigenvalue weighted by atomic mass is 10.1. The Morgan fingerprint density at radius 3 is 3.00 bits per heavy atom. The fourth-order valence-corrected chi connectivity index (χ4v) is 1.95. The van der Waals surface area contributed by atoms with Gasteiger partial charge in [0.2, 0.25) is 5.91 Å². The lowest BCUT2D eigenvalue weighted by Gasteiger charge is -2.15. The Balaban J connectivity index is 2.02. The van der Waals surface area contributed by atoms with Crippen LogP contribution in [-0.4, -0.2) is 22.3 Å². The number of rotatable bonds is 3.